The number of hydrogen-bond acceptors (Lipinski definition) is 5. The lowest BCUT2D eigenvalue weighted by Crippen LogP contribution is -1.97. The van der Waals surface area contributed by atoms with E-state index in [2.05, 4.69) is 15.6 Å². The number of nitrogens with zero attached hydrogens (tertiary/aromatic N) is 5. The third-order valence-electron chi connectivity index (χ3n) is 1.60. The van der Waals surface area contributed by atoms with Gasteiger partial charge >= 0.3 is 5.69 Å². The van der Waals surface area contributed by atoms with Crippen molar-refractivity contribution in [2.75, 3.05) is 5.43 Å². The number of rotatable bonds is 4. The highest BCUT2D eigenvalue weighted by atomic mass is 16.6. The van der Waals surface area contributed by atoms with E-state index in [1.807, 2.05) is 0 Å². The second-order valence-electron chi connectivity index (χ2n) is 2.52. The van der Waals surface area contributed by atoms with Crippen molar-refractivity contribution in [3.05, 3.63) is 48.9 Å². The van der Waals surface area contributed by atoms with Crippen LogP contribution in [0.5, 0.6) is 0 Å². The van der Waals surface area contributed by atoms with Gasteiger partial charge in [-0.25, -0.2) is 5.43 Å². The molecule has 0 bridgehead atoms. The summed E-state index contributed by atoms with van der Waals surface area (Å²) in [5.74, 6) is 0. The van der Waals surface area contributed by atoms with Crippen LogP contribution in [0.1, 0.15) is 0 Å². The van der Waals surface area contributed by atoms with E-state index in [1.165, 1.54) is 0 Å². The van der Waals surface area contributed by atoms with Crippen molar-refractivity contribution < 1.29 is 9.85 Å². The van der Waals surface area contributed by atoms with Crippen molar-refractivity contribution >= 4 is 17.1 Å². The van der Waals surface area contributed by atoms with Gasteiger partial charge in [0.2, 0.25) is 5.69 Å². The highest BCUT2D eigenvalue weighted by molar-refractivity contribution is 5.64. The van der Waals surface area contributed by atoms with Crippen LogP contribution < -0.4 is 5.43 Å². The highest BCUT2D eigenvalue weighted by Gasteiger charge is 2.20. The van der Waals surface area contributed by atoms with Gasteiger partial charge in [0.1, 0.15) is 0 Å². The normalized spacial score (nSPS) is 9.00. The van der Waals surface area contributed by atoms with Crippen molar-refractivity contribution in [1.82, 2.24) is 0 Å². The van der Waals surface area contributed by atoms with Crippen LogP contribution in [0.4, 0.5) is 17.1 Å². The summed E-state index contributed by atoms with van der Waals surface area (Å²) >= 11 is 0. The van der Waals surface area contributed by atoms with Gasteiger partial charge in [0.05, 0.1) is 15.9 Å². The summed E-state index contributed by atoms with van der Waals surface area (Å²) in [5.41, 5.74) is 9.00. The summed E-state index contributed by atoms with van der Waals surface area (Å²) in [6.07, 6.45) is 0. The molecule has 1 N–H and O–H groups in total. The second kappa shape index (κ2) is 4.57. The Bertz CT molecular complexity index is 494. The first kappa shape index (κ1) is 11.2. The van der Waals surface area contributed by atoms with Crippen molar-refractivity contribution in [1.29, 1.82) is 0 Å². The molecule has 0 aliphatic carbocycles. The molecule has 82 valence electrons. The zero-order chi connectivity index (χ0) is 12.1. The summed E-state index contributed by atoms with van der Waals surface area (Å²) in [6, 6.07) is 2.92. The average molecular weight is 224 g/mol. The molecule has 0 amide bonds. The Labute approximate surface area is 87.4 Å². The van der Waals surface area contributed by atoms with E-state index in [-0.39, 0.29) is 5.69 Å². The number of nitrogens with one attached hydrogen (secondary N) is 1. The minimum atomic E-state index is -0.817. The van der Waals surface area contributed by atoms with Crippen LogP contribution in [-0.2, 0) is 0 Å². The molecular weight excluding hydrogens is 220 g/mol. The first-order chi connectivity index (χ1) is 7.56. The monoisotopic (exact) mass is 224 g/mol. The molecule has 0 aromatic heterocycles. The lowest BCUT2D eigenvalue weighted by Gasteiger charge is -1.97. The first-order valence-corrected chi connectivity index (χ1v) is 3.79. The van der Waals surface area contributed by atoms with Gasteiger partial charge in [0, 0.05) is 6.07 Å². The van der Waals surface area contributed by atoms with E-state index in [4.69, 9.17) is 5.53 Å². The van der Waals surface area contributed by atoms with E-state index in [0.29, 0.717) is 0 Å². The summed E-state index contributed by atoms with van der Waals surface area (Å²) in [4.78, 5) is 21.7. The van der Waals surface area contributed by atoms with E-state index in [0.717, 1.165) is 18.2 Å². The molecular formula is C6H4N6O4. The number of nitro groups is 2. The molecule has 0 aliphatic rings. The molecule has 0 saturated heterocycles. The number of non-ortho nitro benzene ring substituents is 1. The fourth-order valence-electron chi connectivity index (χ4n) is 0.955. The van der Waals surface area contributed by atoms with Crippen molar-refractivity contribution in [3.8, 4) is 0 Å². The smallest absolute Gasteiger partial charge is 0.258 e. The van der Waals surface area contributed by atoms with Gasteiger partial charge in [-0.2, -0.15) is 4.91 Å². The topological polar surface area (TPSA) is 147 Å². The van der Waals surface area contributed by atoms with E-state index in [1.54, 1.807) is 0 Å². The van der Waals surface area contributed by atoms with Gasteiger partial charge in [0.25, 0.3) is 5.69 Å². The Morgan fingerprint density at radius 1 is 1.31 bits per heavy atom. The van der Waals surface area contributed by atoms with Crippen LogP contribution in [-0.4, -0.2) is 9.85 Å². The molecule has 0 saturated carbocycles. The van der Waals surface area contributed by atoms with Crippen molar-refractivity contribution in [2.24, 2.45) is 5.22 Å². The number of azide groups is 1. The predicted octanol–water partition coefficient (Wildman–Crippen LogP) is 2.14. The predicted molar refractivity (Wildman–Crippen MR) is 52.5 cm³/mol. The van der Waals surface area contributed by atoms with Crippen LogP contribution >= 0.6 is 0 Å². The zero-order valence-corrected chi connectivity index (χ0v) is 7.60. The first-order valence-electron chi connectivity index (χ1n) is 3.79. The minimum absolute atomic E-state index is 0.117. The summed E-state index contributed by atoms with van der Waals surface area (Å²) in [6.45, 7) is 0. The number of anilines is 1. The van der Waals surface area contributed by atoms with Gasteiger partial charge in [-0.05, 0) is 11.3 Å². The van der Waals surface area contributed by atoms with E-state index >= 15 is 0 Å². The van der Waals surface area contributed by atoms with Crippen LogP contribution in [0.3, 0.4) is 0 Å². The molecule has 1 aromatic rings. The molecule has 0 spiro atoms. The molecule has 1 aromatic carbocycles. The van der Waals surface area contributed by atoms with Crippen molar-refractivity contribution in [2.45, 2.75) is 0 Å². The third-order valence-corrected chi connectivity index (χ3v) is 1.60. The molecule has 16 heavy (non-hydrogen) atoms. The molecule has 10 nitrogen and oxygen atoms in total. The van der Waals surface area contributed by atoms with Gasteiger partial charge < -0.3 is 0 Å². The largest absolute Gasteiger partial charge is 0.322 e. The highest BCUT2D eigenvalue weighted by Crippen LogP contribution is 2.28. The Morgan fingerprint density at radius 2 is 2.00 bits per heavy atom. The molecule has 0 radical (unpaired) electrons. The molecule has 0 fully saturated rings. The average Bonchev–Trinajstić information content (AvgIpc) is 2.25. The quantitative estimate of drug-likeness (QED) is 0.273. The molecule has 1 rings (SSSR count). The summed E-state index contributed by atoms with van der Waals surface area (Å²) < 4.78 is 0. The molecule has 0 unspecified atom stereocenters. The SMILES string of the molecule is [N-]=[N+]=NNc1ccc([N+](=O)[O-])cc1[N+](=O)[O-]. The Kier molecular flexibility index (Phi) is 3.20. The van der Waals surface area contributed by atoms with Crippen LogP contribution in [0.25, 0.3) is 10.4 Å². The Morgan fingerprint density at radius 3 is 2.50 bits per heavy atom. The number of hydrogen-bond donors (Lipinski definition) is 1. The Hall–Kier alpha value is -2.87. The molecule has 0 heterocycles. The summed E-state index contributed by atoms with van der Waals surface area (Å²) in [7, 11) is 0. The van der Waals surface area contributed by atoms with Crippen LogP contribution in [0.2, 0.25) is 0 Å². The number of nitro benzene ring substituents is 2. The van der Waals surface area contributed by atoms with E-state index < -0.39 is 21.2 Å². The fraction of sp³-hybridized carbons (Fsp3) is 0. The molecule has 0 aliphatic heterocycles. The lowest BCUT2D eigenvalue weighted by molar-refractivity contribution is -0.393. The maximum Gasteiger partial charge on any atom is 0.322 e. The van der Waals surface area contributed by atoms with E-state index in [9.17, 15) is 20.2 Å². The fourth-order valence-corrected chi connectivity index (χ4v) is 0.955. The van der Waals surface area contributed by atoms with Gasteiger partial charge in [-0.3, -0.25) is 20.2 Å². The summed E-state index contributed by atoms with van der Waals surface area (Å²) in [5, 5.41) is 23.9. The maximum atomic E-state index is 10.6. The Balaban J connectivity index is 3.24. The minimum Gasteiger partial charge on any atom is -0.258 e. The maximum absolute atomic E-state index is 10.6. The van der Waals surface area contributed by atoms with Crippen molar-refractivity contribution in [3.63, 3.8) is 0 Å². The zero-order valence-electron chi connectivity index (χ0n) is 7.60. The third kappa shape index (κ3) is 2.33. The second-order valence-corrected chi connectivity index (χ2v) is 2.52. The van der Waals surface area contributed by atoms with Gasteiger partial charge in [-0.1, -0.05) is 0 Å². The number of benzene rings is 1. The standard InChI is InChI=1S/C6H4N6O4/c7-9-10-8-5-2-1-4(11(13)14)3-6(5)12(15)16/h1-3,8H. The lowest BCUT2D eigenvalue weighted by atomic mass is 10.2. The van der Waals surface area contributed by atoms with Gasteiger partial charge in [0.15, 0.2) is 0 Å². The molecule has 0 atom stereocenters. The van der Waals surface area contributed by atoms with Gasteiger partial charge in [-0.15, -0.1) is 5.53 Å². The van der Waals surface area contributed by atoms with Crippen LogP contribution in [0.15, 0.2) is 23.4 Å². The van der Waals surface area contributed by atoms with Crippen LogP contribution in [0, 0.1) is 20.2 Å². The molecule has 10 heteroatoms.